The number of carbonyl (C=O) groups is 1. The van der Waals surface area contributed by atoms with Gasteiger partial charge in [0.05, 0.1) is 0 Å². The van der Waals surface area contributed by atoms with Gasteiger partial charge in [-0.3, -0.25) is 4.79 Å². The van der Waals surface area contributed by atoms with Gasteiger partial charge in [-0.25, -0.2) is 4.39 Å². The van der Waals surface area contributed by atoms with Gasteiger partial charge in [0.2, 0.25) is 0 Å². The van der Waals surface area contributed by atoms with E-state index in [0.29, 0.717) is 23.5 Å². The van der Waals surface area contributed by atoms with Crippen LogP contribution in [0, 0.1) is 5.92 Å². The molecule has 0 saturated heterocycles. The number of ether oxygens (including phenoxy) is 1. The molecule has 1 aromatic rings. The number of carboxylic acid groups (broad SMARTS) is 1. The largest absolute Gasteiger partial charge is 0.489 e. The fourth-order valence-electron chi connectivity index (χ4n) is 4.94. The second-order valence-electron chi connectivity index (χ2n) is 8.95. The Morgan fingerprint density at radius 2 is 1.97 bits per heavy atom. The SMILES string of the molecule is C=CC(C)(F)c1cc(OCC2=C(C3CCCC3)CCCCC2)ccc1CCC(=O)O. The standard InChI is InChI=1S/C26H35FO3/c1-3-26(2,27)24-17-22(15-13-20(24)14-16-25(28)29)30-18-21-11-5-4-6-12-23(21)19-9-7-8-10-19/h3,13,15,17,19H,1,4-12,14,16,18H2,2H3,(H,28,29). The zero-order valence-corrected chi connectivity index (χ0v) is 18.2. The predicted octanol–water partition coefficient (Wildman–Crippen LogP) is 6.90. The topological polar surface area (TPSA) is 46.5 Å². The van der Waals surface area contributed by atoms with E-state index in [1.54, 1.807) is 17.7 Å². The number of alkyl halides is 1. The lowest BCUT2D eigenvalue weighted by Gasteiger charge is -2.22. The summed E-state index contributed by atoms with van der Waals surface area (Å²) in [5.41, 5.74) is 2.48. The number of allylic oxidation sites excluding steroid dienone is 2. The van der Waals surface area contributed by atoms with Gasteiger partial charge in [0.25, 0.3) is 0 Å². The van der Waals surface area contributed by atoms with Crippen LogP contribution in [0.25, 0.3) is 0 Å². The maximum absolute atomic E-state index is 15.1. The van der Waals surface area contributed by atoms with Crippen LogP contribution in [-0.4, -0.2) is 17.7 Å². The lowest BCUT2D eigenvalue weighted by atomic mass is 9.89. The number of aliphatic carboxylic acids is 1. The molecule has 0 bridgehead atoms. The van der Waals surface area contributed by atoms with Crippen molar-refractivity contribution in [1.29, 1.82) is 0 Å². The molecule has 3 rings (SSSR count). The normalized spacial score (nSPS) is 19.9. The molecule has 1 aromatic carbocycles. The second kappa shape index (κ2) is 10.3. The molecule has 0 heterocycles. The zero-order chi connectivity index (χ0) is 21.6. The van der Waals surface area contributed by atoms with Gasteiger partial charge in [0.15, 0.2) is 5.67 Å². The highest BCUT2D eigenvalue weighted by Crippen LogP contribution is 2.39. The average Bonchev–Trinajstić information content (AvgIpc) is 3.16. The van der Waals surface area contributed by atoms with Crippen LogP contribution < -0.4 is 4.74 Å². The second-order valence-corrected chi connectivity index (χ2v) is 8.95. The van der Waals surface area contributed by atoms with Crippen LogP contribution in [0.1, 0.15) is 82.3 Å². The summed E-state index contributed by atoms with van der Waals surface area (Å²) in [6, 6.07) is 5.37. The molecule has 0 amide bonds. The molecule has 30 heavy (non-hydrogen) atoms. The molecule has 0 aromatic heterocycles. The Labute approximate surface area is 180 Å². The van der Waals surface area contributed by atoms with E-state index in [9.17, 15) is 4.79 Å². The van der Waals surface area contributed by atoms with Crippen molar-refractivity contribution in [3.63, 3.8) is 0 Å². The minimum atomic E-state index is -1.73. The lowest BCUT2D eigenvalue weighted by Crippen LogP contribution is -2.15. The van der Waals surface area contributed by atoms with Crippen molar-refractivity contribution in [2.75, 3.05) is 6.61 Å². The Balaban J connectivity index is 1.80. The molecule has 1 unspecified atom stereocenters. The Morgan fingerprint density at radius 3 is 2.67 bits per heavy atom. The summed E-state index contributed by atoms with van der Waals surface area (Å²) < 4.78 is 21.3. The summed E-state index contributed by atoms with van der Waals surface area (Å²) in [6.45, 7) is 5.64. The number of rotatable bonds is 9. The highest BCUT2D eigenvalue weighted by molar-refractivity contribution is 5.67. The van der Waals surface area contributed by atoms with Gasteiger partial charge in [-0.15, -0.1) is 0 Å². The smallest absolute Gasteiger partial charge is 0.303 e. The van der Waals surface area contributed by atoms with Crippen LogP contribution in [0.5, 0.6) is 5.75 Å². The van der Waals surface area contributed by atoms with E-state index >= 15 is 4.39 Å². The molecule has 0 radical (unpaired) electrons. The molecule has 0 spiro atoms. The minimum Gasteiger partial charge on any atom is -0.489 e. The predicted molar refractivity (Wildman–Crippen MR) is 119 cm³/mol. The Kier molecular flexibility index (Phi) is 7.74. The third-order valence-electron chi connectivity index (χ3n) is 6.74. The fraction of sp³-hybridized carbons (Fsp3) is 0.577. The van der Waals surface area contributed by atoms with Crippen LogP contribution in [0.15, 0.2) is 42.0 Å². The lowest BCUT2D eigenvalue weighted by molar-refractivity contribution is -0.136. The van der Waals surface area contributed by atoms with Crippen LogP contribution in [0.4, 0.5) is 4.39 Å². The molecule has 164 valence electrons. The monoisotopic (exact) mass is 414 g/mol. The van der Waals surface area contributed by atoms with Crippen molar-refractivity contribution in [1.82, 2.24) is 0 Å². The molecule has 3 nitrogen and oxygen atoms in total. The third-order valence-corrected chi connectivity index (χ3v) is 6.74. The number of benzene rings is 1. The van der Waals surface area contributed by atoms with Crippen LogP contribution in [-0.2, 0) is 16.9 Å². The van der Waals surface area contributed by atoms with Gasteiger partial charge < -0.3 is 9.84 Å². The Bertz CT molecular complexity index is 787. The van der Waals surface area contributed by atoms with Gasteiger partial charge in [-0.05, 0) is 86.6 Å². The van der Waals surface area contributed by atoms with Gasteiger partial charge >= 0.3 is 5.97 Å². The number of aryl methyl sites for hydroxylation is 1. The number of halogens is 1. The maximum Gasteiger partial charge on any atom is 0.303 e. The van der Waals surface area contributed by atoms with E-state index in [1.807, 2.05) is 6.07 Å². The summed E-state index contributed by atoms with van der Waals surface area (Å²) in [4.78, 5) is 11.0. The summed E-state index contributed by atoms with van der Waals surface area (Å²) >= 11 is 0. The molecule has 2 aliphatic carbocycles. The molecule has 4 heteroatoms. The molecule has 1 atom stereocenters. The van der Waals surface area contributed by atoms with E-state index in [4.69, 9.17) is 9.84 Å². The van der Waals surface area contributed by atoms with Crippen LogP contribution >= 0.6 is 0 Å². The van der Waals surface area contributed by atoms with E-state index in [2.05, 4.69) is 6.58 Å². The highest BCUT2D eigenvalue weighted by Gasteiger charge is 2.26. The van der Waals surface area contributed by atoms with Crippen molar-refractivity contribution in [2.45, 2.75) is 83.2 Å². The van der Waals surface area contributed by atoms with E-state index in [-0.39, 0.29) is 12.8 Å². The fourth-order valence-corrected chi connectivity index (χ4v) is 4.94. The maximum atomic E-state index is 15.1. The molecule has 1 saturated carbocycles. The van der Waals surface area contributed by atoms with Crippen molar-refractivity contribution in [3.8, 4) is 5.75 Å². The Morgan fingerprint density at radius 1 is 1.23 bits per heavy atom. The quantitative estimate of drug-likeness (QED) is 0.447. The van der Waals surface area contributed by atoms with Crippen molar-refractivity contribution in [2.24, 2.45) is 5.92 Å². The molecule has 0 aliphatic heterocycles. The number of hydrogen-bond acceptors (Lipinski definition) is 2. The first-order chi connectivity index (χ1) is 14.4. The van der Waals surface area contributed by atoms with E-state index in [0.717, 1.165) is 12.3 Å². The molecular formula is C26H35FO3. The van der Waals surface area contributed by atoms with Crippen LogP contribution in [0.2, 0.25) is 0 Å². The average molecular weight is 415 g/mol. The van der Waals surface area contributed by atoms with E-state index < -0.39 is 11.6 Å². The molecule has 2 aliphatic rings. The van der Waals surface area contributed by atoms with Gasteiger partial charge in [0, 0.05) is 6.42 Å². The van der Waals surface area contributed by atoms with E-state index in [1.165, 1.54) is 69.9 Å². The summed E-state index contributed by atoms with van der Waals surface area (Å²) in [5.74, 6) is 0.475. The Hall–Kier alpha value is -2.10. The summed E-state index contributed by atoms with van der Waals surface area (Å²) in [5, 5.41) is 9.00. The van der Waals surface area contributed by atoms with Gasteiger partial charge in [0.1, 0.15) is 12.4 Å². The van der Waals surface area contributed by atoms with Crippen molar-refractivity contribution < 1.29 is 19.0 Å². The molecule has 1 fully saturated rings. The number of carboxylic acids is 1. The van der Waals surface area contributed by atoms with Crippen molar-refractivity contribution >= 4 is 5.97 Å². The zero-order valence-electron chi connectivity index (χ0n) is 18.2. The first kappa shape index (κ1) is 22.6. The van der Waals surface area contributed by atoms with Crippen LogP contribution in [0.3, 0.4) is 0 Å². The summed E-state index contributed by atoms with van der Waals surface area (Å²) in [6.07, 6.45) is 12.9. The first-order valence-electron chi connectivity index (χ1n) is 11.4. The van der Waals surface area contributed by atoms with Gasteiger partial charge in [-0.1, -0.05) is 43.6 Å². The summed E-state index contributed by atoms with van der Waals surface area (Å²) in [7, 11) is 0. The highest BCUT2D eigenvalue weighted by atomic mass is 19.1. The molecule has 1 N–H and O–H groups in total. The van der Waals surface area contributed by atoms with Gasteiger partial charge in [-0.2, -0.15) is 0 Å². The minimum absolute atomic E-state index is 0.0297. The molecular weight excluding hydrogens is 379 g/mol. The number of hydrogen-bond donors (Lipinski definition) is 1. The van der Waals surface area contributed by atoms with Crippen molar-refractivity contribution in [3.05, 3.63) is 53.1 Å². The third kappa shape index (κ3) is 5.74. The first-order valence-corrected chi connectivity index (χ1v) is 11.4.